The zero-order chi connectivity index (χ0) is 25.4. The van der Waals surface area contributed by atoms with Crippen molar-refractivity contribution in [2.75, 3.05) is 38.3 Å². The molecule has 5 atom stereocenters. The van der Waals surface area contributed by atoms with Gasteiger partial charge in [0.2, 0.25) is 5.91 Å². The molecule has 3 fully saturated rings. The molecule has 3 aliphatic heterocycles. The Morgan fingerprint density at radius 3 is 2.63 bits per heavy atom. The summed E-state index contributed by atoms with van der Waals surface area (Å²) in [5, 5.41) is 9.50. The highest BCUT2D eigenvalue weighted by Gasteiger charge is 2.77. The van der Waals surface area contributed by atoms with Crippen molar-refractivity contribution < 1.29 is 29.0 Å². The first kappa shape index (κ1) is 25.6. The third kappa shape index (κ3) is 4.02. The summed E-state index contributed by atoms with van der Waals surface area (Å²) in [6.45, 7) is 8.28. The maximum Gasteiger partial charge on any atom is 0.311 e. The molecule has 35 heavy (non-hydrogen) atoms. The summed E-state index contributed by atoms with van der Waals surface area (Å²) in [5.41, 5.74) is 0.677. The molecule has 0 aromatic heterocycles. The van der Waals surface area contributed by atoms with Gasteiger partial charge in [-0.2, -0.15) is 0 Å². The molecule has 2 amide bonds. The van der Waals surface area contributed by atoms with Crippen LogP contribution in [-0.2, 0) is 19.1 Å². The van der Waals surface area contributed by atoms with E-state index in [0.29, 0.717) is 24.3 Å². The maximum absolute atomic E-state index is 14.3. The highest BCUT2D eigenvalue weighted by Crippen LogP contribution is 2.71. The van der Waals surface area contributed by atoms with Crippen LogP contribution in [0.5, 0.6) is 5.75 Å². The molecule has 190 valence electrons. The molecular weight excluding hydrogens is 468 g/mol. The number of amides is 2. The van der Waals surface area contributed by atoms with Gasteiger partial charge in [0.15, 0.2) is 0 Å². The predicted octanol–water partition coefficient (Wildman–Crippen LogP) is 2.64. The molecule has 1 aromatic rings. The number of esters is 1. The Labute approximate surface area is 210 Å². The van der Waals surface area contributed by atoms with Gasteiger partial charge in [0.25, 0.3) is 5.91 Å². The van der Waals surface area contributed by atoms with Crippen LogP contribution in [-0.4, -0.2) is 76.7 Å². The van der Waals surface area contributed by atoms with Crippen LogP contribution in [0.3, 0.4) is 0 Å². The van der Waals surface area contributed by atoms with Gasteiger partial charge in [-0.1, -0.05) is 6.08 Å². The maximum atomic E-state index is 14.3. The molecule has 0 saturated carbocycles. The van der Waals surface area contributed by atoms with E-state index in [0.717, 1.165) is 6.42 Å². The van der Waals surface area contributed by atoms with Crippen LogP contribution >= 0.6 is 11.8 Å². The number of ether oxygens (including phenoxy) is 2. The van der Waals surface area contributed by atoms with Crippen LogP contribution in [0.2, 0.25) is 0 Å². The fraction of sp³-hybridized carbons (Fsp3) is 0.577. The fourth-order valence-corrected chi connectivity index (χ4v) is 8.48. The first-order valence-corrected chi connectivity index (χ1v) is 12.9. The summed E-state index contributed by atoms with van der Waals surface area (Å²) in [5.74, 6) is -1.31. The number of anilines is 1. The van der Waals surface area contributed by atoms with Gasteiger partial charge >= 0.3 is 5.97 Å². The zero-order valence-corrected chi connectivity index (χ0v) is 21.4. The molecule has 8 nitrogen and oxygen atoms in total. The molecule has 9 heteroatoms. The number of nitrogens with zero attached hydrogens (tertiary/aromatic N) is 2. The lowest BCUT2D eigenvalue weighted by Gasteiger charge is -2.37. The molecule has 1 spiro atoms. The number of benzene rings is 1. The molecule has 2 bridgehead atoms. The predicted molar refractivity (Wildman–Crippen MR) is 134 cm³/mol. The summed E-state index contributed by atoms with van der Waals surface area (Å²) >= 11 is 1.61. The SMILES string of the molecule is C=CCN(C(=O)C1N(CCCO)C(=O)[C@@H]2[C@@H](C(=O)OCC)[C@@]3(C)CCC12S3)c1ccc(OC)cc1. The van der Waals surface area contributed by atoms with E-state index in [1.54, 1.807) is 53.8 Å². The molecule has 0 radical (unpaired) electrons. The largest absolute Gasteiger partial charge is 0.497 e. The summed E-state index contributed by atoms with van der Waals surface area (Å²) in [7, 11) is 1.58. The minimum atomic E-state index is -0.750. The number of aliphatic hydroxyl groups is 1. The molecule has 3 saturated heterocycles. The minimum absolute atomic E-state index is 0.0939. The van der Waals surface area contributed by atoms with Gasteiger partial charge in [-0.25, -0.2) is 0 Å². The highest BCUT2D eigenvalue weighted by atomic mass is 32.2. The second-order valence-corrected chi connectivity index (χ2v) is 11.4. The van der Waals surface area contributed by atoms with E-state index < -0.39 is 27.4 Å². The first-order chi connectivity index (χ1) is 16.8. The fourth-order valence-electron chi connectivity index (χ4n) is 6.14. The van der Waals surface area contributed by atoms with E-state index in [1.807, 2.05) is 19.1 Å². The van der Waals surface area contributed by atoms with E-state index in [4.69, 9.17) is 9.47 Å². The molecule has 3 heterocycles. The third-order valence-corrected chi connectivity index (χ3v) is 9.56. The Bertz CT molecular complexity index is 1000. The van der Waals surface area contributed by atoms with Gasteiger partial charge in [-0.15, -0.1) is 18.3 Å². The van der Waals surface area contributed by atoms with E-state index in [1.165, 1.54) is 0 Å². The normalized spacial score (nSPS) is 30.8. The van der Waals surface area contributed by atoms with Crippen molar-refractivity contribution in [1.29, 1.82) is 0 Å². The molecule has 0 aliphatic carbocycles. The number of rotatable bonds is 10. The lowest BCUT2D eigenvalue weighted by molar-refractivity contribution is -0.155. The van der Waals surface area contributed by atoms with E-state index in [2.05, 4.69) is 6.58 Å². The number of fused-ring (bicyclic) bond motifs is 1. The number of carbonyl (C=O) groups is 3. The Morgan fingerprint density at radius 1 is 1.31 bits per heavy atom. The Kier molecular flexibility index (Phi) is 7.20. The lowest BCUT2D eigenvalue weighted by Crippen LogP contribution is -2.55. The standard InChI is InChI=1S/C26H34N2O6S/c1-5-14-27(17-8-10-18(33-4)11-9-17)23(31)21-26-13-12-25(3,35-26)20(24(32)34-6-2)19(26)22(30)28(21)15-7-16-29/h5,8-11,19-21,29H,1,6-7,12-16H2,2-4H3/t19-,20-,21?,25+,26?/m0/s1. The van der Waals surface area contributed by atoms with Crippen LogP contribution < -0.4 is 9.64 Å². The van der Waals surface area contributed by atoms with Gasteiger partial charge < -0.3 is 24.4 Å². The Hall–Kier alpha value is -2.52. The van der Waals surface area contributed by atoms with E-state index in [9.17, 15) is 19.5 Å². The molecular formula is C26H34N2O6S. The van der Waals surface area contributed by atoms with E-state index in [-0.39, 0.29) is 44.1 Å². The van der Waals surface area contributed by atoms with Gasteiger partial charge in [0.05, 0.1) is 30.3 Å². The summed E-state index contributed by atoms with van der Waals surface area (Å²) in [6.07, 6.45) is 3.41. The van der Waals surface area contributed by atoms with Crippen molar-refractivity contribution in [2.24, 2.45) is 11.8 Å². The van der Waals surface area contributed by atoms with Crippen molar-refractivity contribution >= 4 is 35.2 Å². The van der Waals surface area contributed by atoms with Crippen molar-refractivity contribution in [3.8, 4) is 5.75 Å². The van der Waals surface area contributed by atoms with E-state index >= 15 is 0 Å². The monoisotopic (exact) mass is 502 g/mol. The third-order valence-electron chi connectivity index (χ3n) is 7.57. The van der Waals surface area contributed by atoms with Crippen LogP contribution in [0.1, 0.15) is 33.1 Å². The topological polar surface area (TPSA) is 96.4 Å². The summed E-state index contributed by atoms with van der Waals surface area (Å²) in [4.78, 5) is 44.5. The van der Waals surface area contributed by atoms with Gasteiger partial charge in [-0.05, 0) is 57.4 Å². The van der Waals surface area contributed by atoms with Gasteiger partial charge in [0.1, 0.15) is 11.8 Å². The number of aliphatic hydroxyl groups excluding tert-OH is 1. The van der Waals surface area contributed by atoms with Crippen LogP contribution in [0, 0.1) is 11.8 Å². The van der Waals surface area contributed by atoms with Crippen molar-refractivity contribution in [2.45, 2.75) is 48.6 Å². The Morgan fingerprint density at radius 2 is 2.03 bits per heavy atom. The molecule has 4 rings (SSSR count). The molecule has 3 aliphatic rings. The summed E-state index contributed by atoms with van der Waals surface area (Å²) < 4.78 is 9.48. The number of likely N-dealkylation sites (tertiary alicyclic amines) is 1. The number of carbonyl (C=O) groups excluding carboxylic acids is 3. The molecule has 1 N–H and O–H groups in total. The lowest BCUT2D eigenvalue weighted by atomic mass is 9.66. The van der Waals surface area contributed by atoms with Crippen molar-refractivity contribution in [1.82, 2.24) is 4.90 Å². The second-order valence-electron chi connectivity index (χ2n) is 9.52. The van der Waals surface area contributed by atoms with Crippen LogP contribution in [0.25, 0.3) is 0 Å². The number of methoxy groups -OCH3 is 1. The molecule has 2 unspecified atom stereocenters. The second kappa shape index (κ2) is 9.85. The minimum Gasteiger partial charge on any atom is -0.497 e. The average Bonchev–Trinajstić information content (AvgIpc) is 3.41. The highest BCUT2D eigenvalue weighted by molar-refractivity contribution is 8.02. The zero-order valence-electron chi connectivity index (χ0n) is 20.6. The average molecular weight is 503 g/mol. The quantitative estimate of drug-likeness (QED) is 0.388. The summed E-state index contributed by atoms with van der Waals surface area (Å²) in [6, 6.07) is 6.45. The van der Waals surface area contributed by atoms with Crippen molar-refractivity contribution in [3.63, 3.8) is 0 Å². The number of hydrogen-bond donors (Lipinski definition) is 1. The van der Waals surface area contributed by atoms with Crippen LogP contribution in [0.15, 0.2) is 36.9 Å². The number of hydrogen-bond acceptors (Lipinski definition) is 7. The van der Waals surface area contributed by atoms with Gasteiger partial charge in [0, 0.05) is 30.1 Å². The van der Waals surface area contributed by atoms with Gasteiger partial charge in [-0.3, -0.25) is 14.4 Å². The van der Waals surface area contributed by atoms with Crippen molar-refractivity contribution in [3.05, 3.63) is 36.9 Å². The first-order valence-electron chi connectivity index (χ1n) is 12.1. The number of thioether (sulfide) groups is 1. The smallest absolute Gasteiger partial charge is 0.311 e. The Balaban J connectivity index is 1.77. The molecule has 1 aromatic carbocycles. The van der Waals surface area contributed by atoms with Crippen LogP contribution in [0.4, 0.5) is 5.69 Å².